The largest absolute Gasteiger partial charge is 0.287 e. The molecule has 6 nitrogen and oxygen atoms in total. The van der Waals surface area contributed by atoms with Crippen molar-refractivity contribution in [3.05, 3.63) is 53.4 Å². The number of carbonyl (C=O) groups is 1. The average molecular weight is 337 g/mol. The number of aromatic amines is 1. The summed E-state index contributed by atoms with van der Waals surface area (Å²) in [5, 5.41) is 6.65. The van der Waals surface area contributed by atoms with E-state index in [1.165, 1.54) is 6.20 Å². The lowest BCUT2D eigenvalue weighted by Gasteiger charge is -2.06. The zero-order valence-corrected chi connectivity index (χ0v) is 12.5. The monoisotopic (exact) mass is 337 g/mol. The van der Waals surface area contributed by atoms with Gasteiger partial charge in [-0.2, -0.15) is 5.10 Å². The fourth-order valence-electron chi connectivity index (χ4n) is 2.20. The molecule has 0 saturated carbocycles. The number of rotatable bonds is 3. The first-order valence-corrected chi connectivity index (χ1v) is 8.21. The molecule has 0 atom stereocenters. The maximum absolute atomic E-state index is 14.4. The molecule has 0 saturated heterocycles. The Morgan fingerprint density at radius 2 is 1.96 bits per heavy atom. The van der Waals surface area contributed by atoms with E-state index in [2.05, 4.69) is 15.2 Å². The highest BCUT2D eigenvalue weighted by Crippen LogP contribution is 2.25. The number of sulfone groups is 1. The van der Waals surface area contributed by atoms with Crippen LogP contribution in [0.25, 0.3) is 11.0 Å². The molecule has 118 valence electrons. The number of halogens is 2. The van der Waals surface area contributed by atoms with Crippen LogP contribution in [0.15, 0.2) is 35.4 Å². The van der Waals surface area contributed by atoms with E-state index in [1.54, 1.807) is 12.1 Å². The molecular formula is C14H9F2N3O3S. The maximum atomic E-state index is 14.4. The van der Waals surface area contributed by atoms with Gasteiger partial charge in [0.1, 0.15) is 16.4 Å². The SMILES string of the molecule is CS(=O)(=O)c1c(F)ccc(C(=O)c2n[nH]c3ncccc23)c1F. The molecule has 0 unspecified atom stereocenters. The molecule has 2 aromatic heterocycles. The van der Waals surface area contributed by atoms with Gasteiger partial charge in [-0.25, -0.2) is 22.2 Å². The van der Waals surface area contributed by atoms with Crippen LogP contribution in [0.3, 0.4) is 0 Å². The number of fused-ring (bicyclic) bond motifs is 1. The van der Waals surface area contributed by atoms with E-state index in [-0.39, 0.29) is 5.69 Å². The van der Waals surface area contributed by atoms with Crippen molar-refractivity contribution >= 4 is 26.7 Å². The van der Waals surface area contributed by atoms with E-state index in [1.807, 2.05) is 0 Å². The summed E-state index contributed by atoms with van der Waals surface area (Å²) in [6.45, 7) is 0. The van der Waals surface area contributed by atoms with Crippen molar-refractivity contribution in [1.29, 1.82) is 0 Å². The van der Waals surface area contributed by atoms with Crippen LogP contribution in [0.4, 0.5) is 8.78 Å². The third kappa shape index (κ3) is 2.48. The second-order valence-electron chi connectivity index (χ2n) is 4.81. The summed E-state index contributed by atoms with van der Waals surface area (Å²) in [5.41, 5.74) is -0.385. The Kier molecular flexibility index (Phi) is 3.44. The van der Waals surface area contributed by atoms with Crippen molar-refractivity contribution in [2.24, 2.45) is 0 Å². The minimum Gasteiger partial charge on any atom is -0.287 e. The molecule has 0 spiro atoms. The van der Waals surface area contributed by atoms with E-state index in [4.69, 9.17) is 0 Å². The highest BCUT2D eigenvalue weighted by molar-refractivity contribution is 7.90. The van der Waals surface area contributed by atoms with Crippen LogP contribution < -0.4 is 0 Å². The number of pyridine rings is 1. The lowest BCUT2D eigenvalue weighted by molar-refractivity contribution is 0.103. The molecule has 2 heterocycles. The molecular weight excluding hydrogens is 328 g/mol. The lowest BCUT2D eigenvalue weighted by atomic mass is 10.1. The van der Waals surface area contributed by atoms with Gasteiger partial charge >= 0.3 is 0 Å². The Bertz CT molecular complexity index is 1040. The molecule has 0 radical (unpaired) electrons. The normalized spacial score (nSPS) is 11.8. The summed E-state index contributed by atoms with van der Waals surface area (Å²) in [6.07, 6.45) is 2.14. The van der Waals surface area contributed by atoms with Crippen molar-refractivity contribution in [1.82, 2.24) is 15.2 Å². The first-order chi connectivity index (χ1) is 10.8. The molecule has 0 bridgehead atoms. The Morgan fingerprint density at radius 3 is 2.65 bits per heavy atom. The summed E-state index contributed by atoms with van der Waals surface area (Å²) >= 11 is 0. The summed E-state index contributed by atoms with van der Waals surface area (Å²) in [4.78, 5) is 15.3. The Morgan fingerprint density at radius 1 is 1.22 bits per heavy atom. The first-order valence-electron chi connectivity index (χ1n) is 6.32. The van der Waals surface area contributed by atoms with Crippen LogP contribution in [0, 0.1) is 11.6 Å². The highest BCUT2D eigenvalue weighted by Gasteiger charge is 2.27. The lowest BCUT2D eigenvalue weighted by Crippen LogP contribution is -2.12. The average Bonchev–Trinajstić information content (AvgIpc) is 2.89. The minimum absolute atomic E-state index is 0.127. The van der Waals surface area contributed by atoms with Gasteiger partial charge in [0.2, 0.25) is 5.78 Å². The number of hydrogen-bond donors (Lipinski definition) is 1. The fraction of sp³-hybridized carbons (Fsp3) is 0.0714. The summed E-state index contributed by atoms with van der Waals surface area (Å²) < 4.78 is 51.1. The Hall–Kier alpha value is -2.68. The first kappa shape index (κ1) is 15.2. The Balaban J connectivity index is 2.22. The second-order valence-corrected chi connectivity index (χ2v) is 6.76. The number of H-pyrrole nitrogens is 1. The highest BCUT2D eigenvalue weighted by atomic mass is 32.2. The van der Waals surface area contributed by atoms with Crippen molar-refractivity contribution in [2.45, 2.75) is 4.90 Å². The molecule has 3 aromatic rings. The smallest absolute Gasteiger partial charge is 0.216 e. The zero-order chi connectivity index (χ0) is 16.8. The van der Waals surface area contributed by atoms with Gasteiger partial charge in [0.25, 0.3) is 0 Å². The maximum Gasteiger partial charge on any atom is 0.216 e. The molecule has 0 aliphatic heterocycles. The standard InChI is InChI=1S/C14H9F2N3O3S/c1-23(21,22)13-9(15)5-4-7(10(13)16)12(20)11-8-3-2-6-17-14(8)19-18-11/h2-6H,1H3,(H,17,18,19). The van der Waals surface area contributed by atoms with Gasteiger partial charge in [0, 0.05) is 12.5 Å². The molecule has 23 heavy (non-hydrogen) atoms. The van der Waals surface area contributed by atoms with E-state index >= 15 is 0 Å². The second kappa shape index (κ2) is 5.20. The summed E-state index contributed by atoms with van der Waals surface area (Å²) in [6, 6.07) is 4.74. The number of hydrogen-bond acceptors (Lipinski definition) is 5. The zero-order valence-electron chi connectivity index (χ0n) is 11.7. The number of aromatic nitrogens is 3. The molecule has 0 fully saturated rings. The minimum atomic E-state index is -4.17. The molecule has 1 aromatic carbocycles. The van der Waals surface area contributed by atoms with Gasteiger partial charge in [0.15, 0.2) is 21.3 Å². The van der Waals surface area contributed by atoms with Crippen LogP contribution >= 0.6 is 0 Å². The quantitative estimate of drug-likeness (QED) is 0.737. The van der Waals surface area contributed by atoms with Crippen LogP contribution in [0.1, 0.15) is 16.1 Å². The molecule has 0 amide bonds. The molecule has 1 N–H and O–H groups in total. The van der Waals surface area contributed by atoms with Gasteiger partial charge in [-0.15, -0.1) is 0 Å². The van der Waals surface area contributed by atoms with Gasteiger partial charge in [0.05, 0.1) is 10.9 Å². The number of nitrogens with one attached hydrogen (secondary N) is 1. The Labute approximate surface area is 129 Å². The van der Waals surface area contributed by atoms with Crippen molar-refractivity contribution < 1.29 is 22.0 Å². The van der Waals surface area contributed by atoms with Gasteiger partial charge in [-0.3, -0.25) is 9.89 Å². The third-order valence-corrected chi connectivity index (χ3v) is 4.33. The number of ketones is 1. The van der Waals surface area contributed by atoms with E-state index < -0.39 is 37.7 Å². The van der Waals surface area contributed by atoms with Crippen LogP contribution in [0.5, 0.6) is 0 Å². The molecule has 3 rings (SSSR count). The third-order valence-electron chi connectivity index (χ3n) is 3.22. The topological polar surface area (TPSA) is 92.8 Å². The number of carbonyl (C=O) groups excluding carboxylic acids is 1. The predicted octanol–water partition coefficient (Wildman–Crippen LogP) is 1.87. The van der Waals surface area contributed by atoms with Crippen molar-refractivity contribution in [3.63, 3.8) is 0 Å². The number of nitrogens with zero attached hydrogens (tertiary/aromatic N) is 2. The van der Waals surface area contributed by atoms with Crippen LogP contribution in [0.2, 0.25) is 0 Å². The number of benzene rings is 1. The predicted molar refractivity (Wildman–Crippen MR) is 76.8 cm³/mol. The molecule has 9 heteroatoms. The van der Waals surface area contributed by atoms with E-state index in [0.29, 0.717) is 17.3 Å². The van der Waals surface area contributed by atoms with Gasteiger partial charge in [-0.1, -0.05) is 0 Å². The molecule has 0 aliphatic carbocycles. The van der Waals surface area contributed by atoms with E-state index in [0.717, 1.165) is 12.1 Å². The fourth-order valence-corrected chi connectivity index (χ4v) is 3.06. The van der Waals surface area contributed by atoms with E-state index in [9.17, 15) is 22.0 Å². The van der Waals surface area contributed by atoms with Crippen LogP contribution in [-0.2, 0) is 9.84 Å². The molecule has 0 aliphatic rings. The van der Waals surface area contributed by atoms with Gasteiger partial charge < -0.3 is 0 Å². The van der Waals surface area contributed by atoms with Gasteiger partial charge in [-0.05, 0) is 24.3 Å². The summed E-state index contributed by atoms with van der Waals surface area (Å²) in [7, 11) is -4.17. The van der Waals surface area contributed by atoms with Crippen molar-refractivity contribution in [3.8, 4) is 0 Å². The van der Waals surface area contributed by atoms with Crippen molar-refractivity contribution in [2.75, 3.05) is 6.26 Å². The van der Waals surface area contributed by atoms with Crippen LogP contribution in [-0.4, -0.2) is 35.6 Å². The summed E-state index contributed by atoms with van der Waals surface area (Å²) in [5.74, 6) is -3.56.